The quantitative estimate of drug-likeness (QED) is 0.499. The minimum atomic E-state index is -0.0926. The summed E-state index contributed by atoms with van der Waals surface area (Å²) in [6.07, 6.45) is 2.92. The van der Waals surface area contributed by atoms with Crippen molar-refractivity contribution in [3.63, 3.8) is 0 Å². The Balaban J connectivity index is 2.50. The average molecular weight is 190 g/mol. The minimum absolute atomic E-state index is 0.0926. The topological polar surface area (TPSA) is 18.8 Å². The van der Waals surface area contributed by atoms with Gasteiger partial charge in [-0.3, -0.25) is 5.01 Å². The van der Waals surface area contributed by atoms with Crippen LogP contribution in [0.5, 0.6) is 0 Å². The maximum atomic E-state index is 6.14. The Morgan fingerprint density at radius 2 is 2.25 bits per heavy atom. The summed E-state index contributed by atoms with van der Waals surface area (Å²) < 4.78 is 0. The molecule has 1 atom stereocenters. The number of hydrogen-bond acceptors (Lipinski definition) is 3. The van der Waals surface area contributed by atoms with Gasteiger partial charge in [-0.1, -0.05) is 18.5 Å². The summed E-state index contributed by atoms with van der Waals surface area (Å²) >= 11 is 6.14. The van der Waals surface area contributed by atoms with Gasteiger partial charge in [0.05, 0.1) is 0 Å². The van der Waals surface area contributed by atoms with Gasteiger partial charge >= 0.3 is 0 Å². The molecule has 0 aliphatic carbocycles. The van der Waals surface area contributed by atoms with Gasteiger partial charge in [0, 0.05) is 12.6 Å². The van der Waals surface area contributed by atoms with Crippen LogP contribution in [0.2, 0.25) is 0 Å². The molecule has 1 unspecified atom stereocenters. The normalized spacial score (nSPS) is 22.9. The Kier molecular flexibility index (Phi) is 3.20. The van der Waals surface area contributed by atoms with Crippen LogP contribution in [0, 0.1) is 0 Å². The highest BCUT2D eigenvalue weighted by atomic mass is 35.5. The molecule has 1 heterocycles. The lowest BCUT2D eigenvalue weighted by atomic mass is 10.4. The lowest BCUT2D eigenvalue weighted by Crippen LogP contribution is -2.38. The number of nitrogens with zero attached hydrogens (tertiary/aromatic N) is 3. The van der Waals surface area contributed by atoms with Crippen molar-refractivity contribution in [1.29, 1.82) is 0 Å². The summed E-state index contributed by atoms with van der Waals surface area (Å²) in [6, 6.07) is 0.366. The van der Waals surface area contributed by atoms with Crippen LogP contribution in [0.15, 0.2) is 5.10 Å². The van der Waals surface area contributed by atoms with E-state index in [-0.39, 0.29) is 5.62 Å². The molecule has 0 spiro atoms. The molecule has 0 radical (unpaired) electrons. The summed E-state index contributed by atoms with van der Waals surface area (Å²) in [5.74, 6) is 0. The highest BCUT2D eigenvalue weighted by Crippen LogP contribution is 2.18. The molecule has 0 aromatic carbocycles. The van der Waals surface area contributed by atoms with Crippen LogP contribution in [0.3, 0.4) is 0 Å². The molecule has 0 saturated carbocycles. The number of alkyl halides is 1. The minimum Gasteiger partial charge on any atom is -0.327 e. The second-order valence-corrected chi connectivity index (χ2v) is 3.64. The zero-order chi connectivity index (χ0) is 9.14. The molecule has 0 aromatic rings. The molecule has 0 fully saturated rings. The smallest absolute Gasteiger partial charge is 0.196 e. The number of hydrazone groups is 1. The molecule has 3 nitrogen and oxygen atoms in total. The van der Waals surface area contributed by atoms with E-state index in [1.54, 1.807) is 0 Å². The van der Waals surface area contributed by atoms with Crippen molar-refractivity contribution in [3.8, 4) is 0 Å². The van der Waals surface area contributed by atoms with E-state index in [0.29, 0.717) is 6.04 Å². The third kappa shape index (κ3) is 1.83. The van der Waals surface area contributed by atoms with Crippen molar-refractivity contribution < 1.29 is 0 Å². The van der Waals surface area contributed by atoms with Crippen LogP contribution in [0.25, 0.3) is 0 Å². The van der Waals surface area contributed by atoms with Gasteiger partial charge in [0.1, 0.15) is 6.34 Å². The maximum Gasteiger partial charge on any atom is 0.196 e. The van der Waals surface area contributed by atoms with E-state index >= 15 is 0 Å². The largest absolute Gasteiger partial charge is 0.327 e. The lowest BCUT2D eigenvalue weighted by Gasteiger charge is -2.27. The highest BCUT2D eigenvalue weighted by Gasteiger charge is 2.26. The molecule has 1 rings (SSSR count). The van der Waals surface area contributed by atoms with Crippen molar-refractivity contribution in [2.24, 2.45) is 5.10 Å². The van der Waals surface area contributed by atoms with Crippen LogP contribution >= 0.6 is 11.6 Å². The van der Waals surface area contributed by atoms with E-state index in [4.69, 9.17) is 11.6 Å². The summed E-state index contributed by atoms with van der Waals surface area (Å²) in [6.45, 7) is 7.28. The van der Waals surface area contributed by atoms with Crippen LogP contribution < -0.4 is 0 Å². The van der Waals surface area contributed by atoms with E-state index in [0.717, 1.165) is 13.0 Å². The Bertz CT molecular complexity index is 170. The predicted molar refractivity (Wildman–Crippen MR) is 52.1 cm³/mol. The van der Waals surface area contributed by atoms with Gasteiger partial charge < -0.3 is 4.90 Å². The van der Waals surface area contributed by atoms with Crippen LogP contribution in [0.1, 0.15) is 27.2 Å². The van der Waals surface area contributed by atoms with Crippen LogP contribution in [-0.4, -0.2) is 34.5 Å². The van der Waals surface area contributed by atoms with Gasteiger partial charge in [-0.2, -0.15) is 5.10 Å². The molecule has 0 N–H and O–H groups in total. The summed E-state index contributed by atoms with van der Waals surface area (Å²) in [5, 5.41) is 6.12. The van der Waals surface area contributed by atoms with E-state index in [9.17, 15) is 0 Å². The molecular weight excluding hydrogens is 174 g/mol. The summed E-state index contributed by atoms with van der Waals surface area (Å²) in [7, 11) is 0. The molecule has 0 saturated heterocycles. The van der Waals surface area contributed by atoms with Gasteiger partial charge in [0.25, 0.3) is 0 Å². The van der Waals surface area contributed by atoms with Crippen molar-refractivity contribution in [1.82, 2.24) is 9.91 Å². The second-order valence-electron chi connectivity index (χ2n) is 3.25. The van der Waals surface area contributed by atoms with Crippen molar-refractivity contribution in [2.45, 2.75) is 38.9 Å². The van der Waals surface area contributed by atoms with E-state index in [1.807, 2.05) is 16.2 Å². The standard InChI is InChI=1S/C8H16ClN3/c1-4-5-11-6-10-12(7(2)3)8(11)9/h6-8H,4-5H2,1-3H3. The van der Waals surface area contributed by atoms with E-state index < -0.39 is 0 Å². The third-order valence-electron chi connectivity index (χ3n) is 1.84. The fourth-order valence-corrected chi connectivity index (χ4v) is 1.61. The Hall–Kier alpha value is -0.440. The zero-order valence-electron chi connectivity index (χ0n) is 7.87. The Labute approximate surface area is 79.0 Å². The van der Waals surface area contributed by atoms with Gasteiger partial charge in [-0.05, 0) is 20.3 Å². The molecule has 0 aromatic heterocycles. The Morgan fingerprint density at radius 3 is 2.67 bits per heavy atom. The molecule has 0 bridgehead atoms. The first kappa shape index (κ1) is 9.65. The fourth-order valence-electron chi connectivity index (χ4n) is 1.19. The first-order valence-electron chi connectivity index (χ1n) is 4.39. The van der Waals surface area contributed by atoms with Gasteiger partial charge in [0.2, 0.25) is 0 Å². The number of rotatable bonds is 3. The molecule has 0 amide bonds. The van der Waals surface area contributed by atoms with Crippen LogP contribution in [0.4, 0.5) is 0 Å². The second kappa shape index (κ2) is 3.99. The highest BCUT2D eigenvalue weighted by molar-refractivity contribution is 6.20. The first-order valence-corrected chi connectivity index (χ1v) is 4.82. The Morgan fingerprint density at radius 1 is 1.58 bits per heavy atom. The molecule has 4 heteroatoms. The first-order chi connectivity index (χ1) is 5.66. The molecule has 1 aliphatic rings. The monoisotopic (exact) mass is 189 g/mol. The summed E-state index contributed by atoms with van der Waals surface area (Å²) in [5.41, 5.74) is -0.0926. The molecular formula is C8H16ClN3. The van der Waals surface area contributed by atoms with Gasteiger partial charge in [-0.15, -0.1) is 0 Å². The predicted octanol–water partition coefficient (Wildman–Crippen LogP) is 1.89. The maximum absolute atomic E-state index is 6.14. The third-order valence-corrected chi connectivity index (χ3v) is 2.29. The van der Waals surface area contributed by atoms with Crippen LogP contribution in [-0.2, 0) is 0 Å². The van der Waals surface area contributed by atoms with Crippen molar-refractivity contribution in [3.05, 3.63) is 0 Å². The van der Waals surface area contributed by atoms with Gasteiger partial charge in [-0.25, -0.2) is 0 Å². The average Bonchev–Trinajstić information content (AvgIpc) is 2.34. The van der Waals surface area contributed by atoms with Crippen molar-refractivity contribution >= 4 is 17.9 Å². The number of hydrogen-bond donors (Lipinski definition) is 0. The summed E-state index contributed by atoms with van der Waals surface area (Å²) in [4.78, 5) is 2.04. The molecule has 1 aliphatic heterocycles. The van der Waals surface area contributed by atoms with Crippen molar-refractivity contribution in [2.75, 3.05) is 6.54 Å². The zero-order valence-corrected chi connectivity index (χ0v) is 8.62. The molecule has 70 valence electrons. The van der Waals surface area contributed by atoms with E-state index in [1.165, 1.54) is 0 Å². The number of halogens is 1. The lowest BCUT2D eigenvalue weighted by molar-refractivity contribution is 0.161. The van der Waals surface area contributed by atoms with E-state index in [2.05, 4.69) is 25.9 Å². The van der Waals surface area contributed by atoms with Gasteiger partial charge in [0.15, 0.2) is 5.62 Å². The fraction of sp³-hybridized carbons (Fsp3) is 0.875. The SMILES string of the molecule is CCCN1C=NN(C(C)C)C1Cl. The molecule has 12 heavy (non-hydrogen) atoms.